The van der Waals surface area contributed by atoms with Crippen LogP contribution in [-0.2, 0) is 55.6 Å². The molecule has 30 heteroatoms. The molecule has 1 saturated heterocycles. The largest absolute Gasteiger partial charge is 0.481 e. The number of hydrogen-bond acceptors (Lipinski definition) is 20. The van der Waals surface area contributed by atoms with E-state index < -0.39 is 84.6 Å². The van der Waals surface area contributed by atoms with Gasteiger partial charge in [0.2, 0.25) is 11.8 Å². The van der Waals surface area contributed by atoms with Crippen LogP contribution in [-0.4, -0.2) is 134 Å². The van der Waals surface area contributed by atoms with E-state index in [2.05, 4.69) is 52.3 Å². The molecule has 392 valence electrons. The highest BCUT2D eigenvalue weighted by Gasteiger charge is 2.50. The first-order valence-electron chi connectivity index (χ1n) is 22.2. The number of hydrogen-bond donors (Lipinski definition) is 10. The van der Waals surface area contributed by atoms with Gasteiger partial charge in [-0.25, -0.2) is 33.5 Å². The molecule has 0 aromatic carbocycles. The molecule has 2 aromatic heterocycles. The van der Waals surface area contributed by atoms with E-state index in [1.165, 1.54) is 13.8 Å². The second-order valence-electron chi connectivity index (χ2n) is 16.5. The van der Waals surface area contributed by atoms with Crippen LogP contribution in [0.25, 0.3) is 11.2 Å². The molecule has 8 atom stereocenters. The molecule has 3 rings (SSSR count). The fourth-order valence-corrected chi connectivity index (χ4v) is 10.1. The number of nitrogens with one attached hydrogen (secondary N) is 2. The maximum absolute atomic E-state index is 12.7. The monoisotopic (exact) mass is 1060 g/mol. The van der Waals surface area contributed by atoms with E-state index in [9.17, 15) is 57.9 Å². The number of thioether (sulfide) groups is 1. The highest BCUT2D eigenvalue weighted by Crippen LogP contribution is 2.61. The zero-order valence-electron chi connectivity index (χ0n) is 38.6. The number of ether oxygens (including phenoxy) is 1. The van der Waals surface area contributed by atoms with Crippen LogP contribution in [0.4, 0.5) is 5.82 Å². The van der Waals surface area contributed by atoms with Gasteiger partial charge in [0.05, 0.1) is 19.5 Å². The predicted molar refractivity (Wildman–Crippen MR) is 249 cm³/mol. The maximum Gasteiger partial charge on any atom is 0.481 e. The fraction of sp³-hybridized carbons (Fsp3) is 0.692. The van der Waals surface area contributed by atoms with E-state index in [4.69, 9.17) is 24.8 Å². The maximum atomic E-state index is 12.7. The van der Waals surface area contributed by atoms with Crippen molar-refractivity contribution in [1.82, 2.24) is 30.2 Å². The topological polar surface area (TPSA) is 393 Å². The van der Waals surface area contributed by atoms with Crippen molar-refractivity contribution >= 4 is 69.1 Å². The molecule has 2 aromatic rings. The van der Waals surface area contributed by atoms with Gasteiger partial charge in [0.15, 0.2) is 22.8 Å². The number of phosphoric ester groups is 3. The SMILES string of the molecule is CCCCCC(/C=C/C=C/CCCCCCCC(=O)SCCNC(=O)CCNC(=O)C(O)C(C)(C)COP(=O)(O)OP(=O)(O)OCC1OC(n2cnc3c(N)ncnc32)C(O)C1OP(=O)(O)O)OO. The lowest BCUT2D eigenvalue weighted by Crippen LogP contribution is -2.46. The zero-order valence-corrected chi connectivity index (χ0v) is 42.1. The quantitative estimate of drug-likeness (QED) is 0.0156. The van der Waals surface area contributed by atoms with Crippen LogP contribution in [0.5, 0.6) is 0 Å². The van der Waals surface area contributed by atoms with Crippen molar-refractivity contribution in [2.45, 2.75) is 135 Å². The van der Waals surface area contributed by atoms with E-state index in [1.54, 1.807) is 0 Å². The molecule has 0 spiro atoms. The third kappa shape index (κ3) is 22.1. The average Bonchev–Trinajstić information content (AvgIpc) is 3.84. The number of nitrogen functional groups attached to an aromatic ring is 1. The van der Waals surface area contributed by atoms with Crippen molar-refractivity contribution < 1.29 is 90.6 Å². The van der Waals surface area contributed by atoms with Gasteiger partial charge in [-0.2, -0.15) is 4.31 Å². The van der Waals surface area contributed by atoms with Gasteiger partial charge < -0.3 is 50.9 Å². The van der Waals surface area contributed by atoms with Gasteiger partial charge in [-0.1, -0.05) is 95.4 Å². The van der Waals surface area contributed by atoms with Gasteiger partial charge >= 0.3 is 23.5 Å². The normalized spacial score (nSPS) is 20.6. The number of nitrogens with two attached hydrogens (primary N) is 1. The number of amides is 2. The van der Waals surface area contributed by atoms with Crippen LogP contribution in [0.1, 0.15) is 104 Å². The average molecular weight is 1060 g/mol. The lowest BCUT2D eigenvalue weighted by molar-refractivity contribution is -0.267. The first kappa shape index (κ1) is 60.3. The molecule has 8 unspecified atom stereocenters. The first-order chi connectivity index (χ1) is 32.5. The number of unbranched alkanes of at least 4 members (excludes halogenated alkanes) is 7. The van der Waals surface area contributed by atoms with Crippen LogP contribution in [0.3, 0.4) is 0 Å². The summed E-state index contributed by atoms with van der Waals surface area (Å²) in [4.78, 5) is 92.9. The number of anilines is 1. The van der Waals surface area contributed by atoms with Gasteiger partial charge in [0.1, 0.15) is 42.4 Å². The highest BCUT2D eigenvalue weighted by molar-refractivity contribution is 8.13. The van der Waals surface area contributed by atoms with Crippen LogP contribution >= 0.6 is 35.2 Å². The minimum atomic E-state index is -5.58. The van der Waals surface area contributed by atoms with E-state index in [-0.39, 0.29) is 47.7 Å². The Hall–Kier alpha value is -3.04. The van der Waals surface area contributed by atoms with Crippen LogP contribution < -0.4 is 16.4 Å². The Morgan fingerprint density at radius 3 is 2.38 bits per heavy atom. The van der Waals surface area contributed by atoms with Gasteiger partial charge in [0.25, 0.3) is 0 Å². The smallest absolute Gasteiger partial charge is 0.386 e. The Balaban J connectivity index is 1.30. The summed E-state index contributed by atoms with van der Waals surface area (Å²) < 4.78 is 62.4. The Morgan fingerprint density at radius 2 is 1.67 bits per heavy atom. The number of fused-ring (bicyclic) bond motifs is 1. The summed E-state index contributed by atoms with van der Waals surface area (Å²) in [6.07, 6.45) is 10.7. The Labute approximate surface area is 403 Å². The predicted octanol–water partition coefficient (Wildman–Crippen LogP) is 3.95. The van der Waals surface area contributed by atoms with Crippen molar-refractivity contribution in [1.29, 1.82) is 0 Å². The second kappa shape index (κ2) is 29.5. The molecule has 0 saturated carbocycles. The molecule has 1 aliphatic heterocycles. The first-order valence-corrected chi connectivity index (χ1v) is 27.7. The number of nitrogens with zero attached hydrogens (tertiary/aromatic N) is 4. The number of rotatable bonds is 34. The molecular weight excluding hydrogens is 995 g/mol. The summed E-state index contributed by atoms with van der Waals surface area (Å²) in [5.41, 5.74) is 4.26. The Morgan fingerprint density at radius 1 is 0.957 bits per heavy atom. The van der Waals surface area contributed by atoms with Crippen molar-refractivity contribution in [3.8, 4) is 0 Å². The number of allylic oxidation sites excluding steroid dienone is 3. The van der Waals surface area contributed by atoms with E-state index in [0.717, 1.165) is 93.2 Å². The molecule has 69 heavy (non-hydrogen) atoms. The molecular formula is C39H66N7O19P3S. The summed E-state index contributed by atoms with van der Waals surface area (Å²) in [7, 11) is -16.4. The molecule has 1 fully saturated rings. The zero-order chi connectivity index (χ0) is 51.3. The van der Waals surface area contributed by atoms with Crippen LogP contribution in [0, 0.1) is 5.41 Å². The van der Waals surface area contributed by atoms with Crippen molar-refractivity contribution in [2.75, 3.05) is 37.8 Å². The van der Waals surface area contributed by atoms with E-state index in [0.29, 0.717) is 12.2 Å². The van der Waals surface area contributed by atoms with Crippen molar-refractivity contribution in [3.63, 3.8) is 0 Å². The van der Waals surface area contributed by atoms with E-state index in [1.807, 2.05) is 18.2 Å². The minimum Gasteiger partial charge on any atom is -0.386 e. The van der Waals surface area contributed by atoms with Gasteiger partial charge in [-0.3, -0.25) is 37.8 Å². The number of carbonyl (C=O) groups excluding carboxylic acids is 3. The minimum absolute atomic E-state index is 0.0239. The fourth-order valence-electron chi connectivity index (χ4n) is 6.57. The summed E-state index contributed by atoms with van der Waals surface area (Å²) in [6, 6.07) is 0. The number of imidazole rings is 1. The molecule has 0 radical (unpaired) electrons. The van der Waals surface area contributed by atoms with Crippen molar-refractivity contribution in [3.05, 3.63) is 37.0 Å². The molecule has 1 aliphatic rings. The molecule has 11 N–H and O–H groups in total. The summed E-state index contributed by atoms with van der Waals surface area (Å²) in [5.74, 6) is -1.10. The molecule has 3 heterocycles. The summed E-state index contributed by atoms with van der Waals surface area (Å²) in [6.45, 7) is 2.61. The van der Waals surface area contributed by atoms with Crippen molar-refractivity contribution in [2.24, 2.45) is 5.41 Å². The number of aliphatic hydroxyl groups is 2. The molecule has 0 bridgehead atoms. The number of phosphoric acid groups is 3. The highest BCUT2D eigenvalue weighted by atomic mass is 32.2. The number of carbonyl (C=O) groups is 3. The molecule has 2 amide bonds. The molecule has 0 aliphatic carbocycles. The van der Waals surface area contributed by atoms with E-state index >= 15 is 0 Å². The van der Waals surface area contributed by atoms with Gasteiger partial charge in [-0.15, -0.1) is 0 Å². The van der Waals surface area contributed by atoms with Crippen LogP contribution in [0.15, 0.2) is 37.0 Å². The molecule has 26 nitrogen and oxygen atoms in total. The summed E-state index contributed by atoms with van der Waals surface area (Å²) >= 11 is 1.12. The lowest BCUT2D eigenvalue weighted by Gasteiger charge is -2.30. The Kier molecular flexibility index (Phi) is 25.7. The van der Waals surface area contributed by atoms with Gasteiger partial charge in [0, 0.05) is 37.1 Å². The Bertz CT molecular complexity index is 2150. The third-order valence-corrected chi connectivity index (χ3v) is 14.4. The number of aromatic nitrogens is 4. The van der Waals surface area contributed by atoms with Gasteiger partial charge in [-0.05, 0) is 25.7 Å². The van der Waals surface area contributed by atoms with Crippen LogP contribution in [0.2, 0.25) is 0 Å². The summed E-state index contributed by atoms with van der Waals surface area (Å²) in [5, 5.41) is 35.6. The standard InChI is InChI=1S/C39H66N7O19P3S/c1-4-5-13-16-27(63-52)17-14-11-9-7-6-8-10-12-15-18-30(48)69-22-21-41-29(47)19-20-42-37(51)34(50)39(2,3)24-61-68(58,59)65-67(56,57)60-23-28-33(64-66(53,54)55)32(49)38(62-28)46-26-45-31-35(40)43-25-44-36(31)46/h9,11,14,17,25-28,32-34,38,49-50,52H,4-8,10,12-13,15-16,18-24H2,1-3H3,(H,41,47)(H,42,51)(H,56,57)(H,58,59)(H2,40,43,44)(H2,53,54,55)/b11-9+,17-14+. The third-order valence-electron chi connectivity index (χ3n) is 10.3. The number of aliphatic hydroxyl groups excluding tert-OH is 2. The second-order valence-corrected chi connectivity index (χ2v) is 21.9. The lowest BCUT2D eigenvalue weighted by atomic mass is 9.87.